The van der Waals surface area contributed by atoms with Crippen LogP contribution in [0.2, 0.25) is 0 Å². The Hall–Kier alpha value is -2.89. The summed E-state index contributed by atoms with van der Waals surface area (Å²) in [6.45, 7) is 0.273. The SMILES string of the molecule is O=C(CCCN1C(=O)NC2(CCCC2)C1=O)Nc1cccc2ccccc12. The van der Waals surface area contributed by atoms with Gasteiger partial charge in [0.2, 0.25) is 5.91 Å². The van der Waals surface area contributed by atoms with Crippen LogP contribution in [0.5, 0.6) is 0 Å². The van der Waals surface area contributed by atoms with Gasteiger partial charge in [-0.2, -0.15) is 0 Å². The molecule has 1 aliphatic heterocycles. The van der Waals surface area contributed by atoms with Gasteiger partial charge in [0.25, 0.3) is 5.91 Å². The molecule has 4 rings (SSSR count). The van der Waals surface area contributed by atoms with Crippen LogP contribution in [0.25, 0.3) is 10.8 Å². The summed E-state index contributed by atoms with van der Waals surface area (Å²) in [6, 6.07) is 13.3. The maximum Gasteiger partial charge on any atom is 0.325 e. The van der Waals surface area contributed by atoms with E-state index in [-0.39, 0.29) is 30.8 Å². The number of rotatable bonds is 5. The average Bonchev–Trinajstić information content (AvgIpc) is 3.22. The summed E-state index contributed by atoms with van der Waals surface area (Å²) in [4.78, 5) is 38.3. The Bertz CT molecular complexity index is 897. The number of imide groups is 1. The number of nitrogens with one attached hydrogen (secondary N) is 2. The van der Waals surface area contributed by atoms with Crippen LogP contribution in [-0.4, -0.2) is 34.8 Å². The van der Waals surface area contributed by atoms with E-state index in [0.717, 1.165) is 42.1 Å². The zero-order chi connectivity index (χ0) is 18.9. The van der Waals surface area contributed by atoms with Crippen LogP contribution in [-0.2, 0) is 9.59 Å². The molecule has 0 aromatic heterocycles. The zero-order valence-corrected chi connectivity index (χ0v) is 15.2. The number of carbonyl (C=O) groups excluding carboxylic acids is 3. The molecule has 0 radical (unpaired) electrons. The van der Waals surface area contributed by atoms with Crippen LogP contribution in [0.1, 0.15) is 38.5 Å². The van der Waals surface area contributed by atoms with Crippen molar-refractivity contribution in [1.29, 1.82) is 0 Å². The number of urea groups is 1. The first kappa shape index (κ1) is 17.5. The Kier molecular flexibility index (Phi) is 4.56. The van der Waals surface area contributed by atoms with Gasteiger partial charge in [-0.3, -0.25) is 14.5 Å². The summed E-state index contributed by atoms with van der Waals surface area (Å²) < 4.78 is 0. The molecule has 2 N–H and O–H groups in total. The Balaban J connectivity index is 1.33. The van der Waals surface area contributed by atoms with Gasteiger partial charge in [-0.05, 0) is 30.7 Å². The van der Waals surface area contributed by atoms with Gasteiger partial charge < -0.3 is 10.6 Å². The molecule has 6 heteroatoms. The second-order valence-electron chi connectivity index (χ2n) is 7.35. The minimum Gasteiger partial charge on any atom is -0.326 e. The lowest BCUT2D eigenvalue weighted by Crippen LogP contribution is -2.44. The van der Waals surface area contributed by atoms with E-state index in [1.165, 1.54) is 4.90 Å². The topological polar surface area (TPSA) is 78.5 Å². The lowest BCUT2D eigenvalue weighted by atomic mass is 9.98. The van der Waals surface area contributed by atoms with Crippen LogP contribution >= 0.6 is 0 Å². The number of benzene rings is 2. The van der Waals surface area contributed by atoms with Crippen LogP contribution in [0.4, 0.5) is 10.5 Å². The highest BCUT2D eigenvalue weighted by atomic mass is 16.2. The summed E-state index contributed by atoms with van der Waals surface area (Å²) in [7, 11) is 0. The maximum absolute atomic E-state index is 12.6. The fourth-order valence-electron chi connectivity index (χ4n) is 4.14. The molecule has 1 saturated carbocycles. The summed E-state index contributed by atoms with van der Waals surface area (Å²) >= 11 is 0. The minimum atomic E-state index is -0.678. The highest BCUT2D eigenvalue weighted by Crippen LogP contribution is 2.35. The maximum atomic E-state index is 12.6. The van der Waals surface area contributed by atoms with E-state index >= 15 is 0 Å². The van der Waals surface area contributed by atoms with Crippen molar-refractivity contribution >= 4 is 34.3 Å². The number of fused-ring (bicyclic) bond motifs is 1. The van der Waals surface area contributed by atoms with Gasteiger partial charge in [-0.1, -0.05) is 49.2 Å². The number of hydrogen-bond acceptors (Lipinski definition) is 3. The number of anilines is 1. The summed E-state index contributed by atoms with van der Waals surface area (Å²) in [6.07, 6.45) is 4.07. The van der Waals surface area contributed by atoms with Crippen molar-refractivity contribution in [3.63, 3.8) is 0 Å². The highest BCUT2D eigenvalue weighted by Gasteiger charge is 2.51. The largest absolute Gasteiger partial charge is 0.326 e. The van der Waals surface area contributed by atoms with E-state index in [4.69, 9.17) is 0 Å². The van der Waals surface area contributed by atoms with Crippen LogP contribution in [0, 0.1) is 0 Å². The van der Waals surface area contributed by atoms with Crippen molar-refractivity contribution < 1.29 is 14.4 Å². The van der Waals surface area contributed by atoms with Crippen molar-refractivity contribution in [2.24, 2.45) is 0 Å². The monoisotopic (exact) mass is 365 g/mol. The van der Waals surface area contributed by atoms with Gasteiger partial charge in [0, 0.05) is 24.0 Å². The lowest BCUT2D eigenvalue weighted by Gasteiger charge is -2.19. The fraction of sp³-hybridized carbons (Fsp3) is 0.381. The predicted molar refractivity (Wildman–Crippen MR) is 103 cm³/mol. The molecule has 1 spiro atoms. The smallest absolute Gasteiger partial charge is 0.325 e. The molecule has 0 bridgehead atoms. The quantitative estimate of drug-likeness (QED) is 0.797. The summed E-state index contributed by atoms with van der Waals surface area (Å²) in [5.41, 5.74) is 0.0976. The second-order valence-corrected chi connectivity index (χ2v) is 7.35. The van der Waals surface area contributed by atoms with Gasteiger partial charge in [-0.25, -0.2) is 4.79 Å². The van der Waals surface area contributed by atoms with Crippen molar-refractivity contribution in [3.05, 3.63) is 42.5 Å². The van der Waals surface area contributed by atoms with E-state index in [2.05, 4.69) is 10.6 Å². The van der Waals surface area contributed by atoms with Crippen molar-refractivity contribution in [3.8, 4) is 0 Å². The van der Waals surface area contributed by atoms with E-state index in [1.807, 2.05) is 42.5 Å². The van der Waals surface area contributed by atoms with Crippen molar-refractivity contribution in [2.75, 3.05) is 11.9 Å². The summed E-state index contributed by atoms with van der Waals surface area (Å²) in [5, 5.41) is 7.86. The van der Waals surface area contributed by atoms with Crippen LogP contribution < -0.4 is 10.6 Å². The summed E-state index contributed by atoms with van der Waals surface area (Å²) in [5.74, 6) is -0.242. The normalized spacial score (nSPS) is 18.3. The molecule has 0 atom stereocenters. The molecule has 4 amide bonds. The van der Waals surface area contributed by atoms with E-state index in [1.54, 1.807) is 0 Å². The number of nitrogens with zero attached hydrogens (tertiary/aromatic N) is 1. The minimum absolute atomic E-state index is 0.117. The Labute approximate surface area is 157 Å². The molecule has 27 heavy (non-hydrogen) atoms. The molecule has 0 unspecified atom stereocenters. The average molecular weight is 365 g/mol. The predicted octanol–water partition coefficient (Wildman–Crippen LogP) is 3.42. The molecule has 2 aromatic rings. The van der Waals surface area contributed by atoms with Gasteiger partial charge in [-0.15, -0.1) is 0 Å². The number of hydrogen-bond donors (Lipinski definition) is 2. The number of carbonyl (C=O) groups is 3. The van der Waals surface area contributed by atoms with Gasteiger partial charge >= 0.3 is 6.03 Å². The molecule has 1 saturated heterocycles. The van der Waals surface area contributed by atoms with E-state index in [0.29, 0.717) is 6.42 Å². The molecule has 2 aromatic carbocycles. The molecular weight excluding hydrogens is 342 g/mol. The van der Waals surface area contributed by atoms with Crippen LogP contribution in [0.15, 0.2) is 42.5 Å². The molecule has 2 aliphatic rings. The molecular formula is C21H23N3O3. The first-order chi connectivity index (χ1) is 13.1. The van der Waals surface area contributed by atoms with E-state index < -0.39 is 5.54 Å². The standard InChI is InChI=1S/C21H23N3O3/c25-18(22-17-10-5-8-15-7-1-2-9-16(15)17)11-6-14-24-19(26)21(23-20(24)27)12-3-4-13-21/h1-2,5,7-10H,3-4,6,11-14H2,(H,22,25)(H,23,27). The lowest BCUT2D eigenvalue weighted by molar-refractivity contribution is -0.131. The number of amides is 4. The first-order valence-corrected chi connectivity index (χ1v) is 9.51. The molecule has 1 aliphatic carbocycles. The molecule has 6 nitrogen and oxygen atoms in total. The third-order valence-electron chi connectivity index (χ3n) is 5.55. The van der Waals surface area contributed by atoms with Gasteiger partial charge in [0.15, 0.2) is 0 Å². The second kappa shape index (κ2) is 7.02. The first-order valence-electron chi connectivity index (χ1n) is 9.51. The Morgan fingerprint density at radius 1 is 1.07 bits per heavy atom. The molecule has 2 fully saturated rings. The Morgan fingerprint density at radius 2 is 1.81 bits per heavy atom. The highest BCUT2D eigenvalue weighted by molar-refractivity contribution is 6.07. The van der Waals surface area contributed by atoms with Crippen molar-refractivity contribution in [2.45, 2.75) is 44.1 Å². The zero-order valence-electron chi connectivity index (χ0n) is 15.2. The fourth-order valence-corrected chi connectivity index (χ4v) is 4.14. The third-order valence-corrected chi connectivity index (χ3v) is 5.55. The molecule has 140 valence electrons. The van der Waals surface area contributed by atoms with Gasteiger partial charge in [0.05, 0.1) is 0 Å². The third kappa shape index (κ3) is 3.27. The van der Waals surface area contributed by atoms with Crippen molar-refractivity contribution in [1.82, 2.24) is 10.2 Å². The van der Waals surface area contributed by atoms with E-state index in [9.17, 15) is 14.4 Å². The van der Waals surface area contributed by atoms with Crippen LogP contribution in [0.3, 0.4) is 0 Å². The molecule has 1 heterocycles. The Morgan fingerprint density at radius 3 is 2.63 bits per heavy atom. The van der Waals surface area contributed by atoms with Gasteiger partial charge in [0.1, 0.15) is 5.54 Å².